The Morgan fingerprint density at radius 3 is 2.57 bits per heavy atom. The fraction of sp³-hybridized carbons (Fsp3) is 0.583. The summed E-state index contributed by atoms with van der Waals surface area (Å²) in [6.45, 7) is 8.04. The number of fused-ring (bicyclic) bond motifs is 3. The van der Waals surface area contributed by atoms with Gasteiger partial charge in [-0.3, -0.25) is 0 Å². The van der Waals surface area contributed by atoms with E-state index in [0.29, 0.717) is 42.4 Å². The molecule has 0 aliphatic heterocycles. The number of rotatable bonds is 14. The molecule has 3 rings (SSSR count). The Bertz CT molecular complexity index is 1260. The maximum Gasteiger partial charge on any atom is 0.209 e. The van der Waals surface area contributed by atoms with Gasteiger partial charge in [0.25, 0.3) is 0 Å². The molecule has 1 aromatic carbocycles. The van der Waals surface area contributed by atoms with Gasteiger partial charge in [-0.2, -0.15) is 0 Å². The number of ether oxygens (including phenoxy) is 2. The molecule has 0 aliphatic rings. The van der Waals surface area contributed by atoms with E-state index in [1.807, 2.05) is 43.5 Å². The van der Waals surface area contributed by atoms with Gasteiger partial charge in [0.05, 0.1) is 23.9 Å². The first-order valence-corrected chi connectivity index (χ1v) is 13.9. The van der Waals surface area contributed by atoms with Crippen LogP contribution in [0.15, 0.2) is 18.2 Å². The minimum absolute atomic E-state index is 0.270. The van der Waals surface area contributed by atoms with Crippen LogP contribution in [0, 0.1) is 0 Å². The van der Waals surface area contributed by atoms with Crippen LogP contribution in [0.3, 0.4) is 0 Å². The van der Waals surface area contributed by atoms with E-state index in [1.165, 1.54) is 0 Å². The summed E-state index contributed by atoms with van der Waals surface area (Å²) in [6, 6.07) is 5.75. The van der Waals surface area contributed by atoms with Crippen LogP contribution in [-0.2, 0) is 27.9 Å². The van der Waals surface area contributed by atoms with Crippen molar-refractivity contribution in [3.05, 3.63) is 24.0 Å². The zero-order chi connectivity index (χ0) is 25.6. The van der Waals surface area contributed by atoms with Gasteiger partial charge in [0.1, 0.15) is 23.7 Å². The molecule has 0 fully saturated rings. The van der Waals surface area contributed by atoms with Gasteiger partial charge in [-0.1, -0.05) is 12.8 Å². The number of nitrogens with two attached hydrogens (primary N) is 2. The van der Waals surface area contributed by atoms with Crippen LogP contribution in [0.25, 0.3) is 21.9 Å². The van der Waals surface area contributed by atoms with E-state index in [4.69, 9.17) is 25.9 Å². The number of aromatic nitrogens is 3. The number of imidazole rings is 1. The molecule has 0 aliphatic carbocycles. The lowest BCUT2D eigenvalue weighted by Gasteiger charge is -2.27. The number of hydrogen-bond acceptors (Lipinski definition) is 8. The highest BCUT2D eigenvalue weighted by Crippen LogP contribution is 2.32. The molecular weight excluding hydrogens is 468 g/mol. The fourth-order valence-corrected chi connectivity index (χ4v) is 5.29. The number of nitrogen functional groups attached to an aromatic ring is 1. The molecule has 2 heterocycles. The normalized spacial score (nSPS) is 12.6. The Hall–Kier alpha value is -2.47. The molecule has 10 nitrogen and oxygen atoms in total. The quantitative estimate of drug-likeness (QED) is 0.283. The van der Waals surface area contributed by atoms with Gasteiger partial charge in [-0.15, -0.1) is 0 Å². The van der Waals surface area contributed by atoms with Crippen LogP contribution >= 0.6 is 0 Å². The van der Waals surface area contributed by atoms with Gasteiger partial charge in [-0.25, -0.2) is 23.1 Å². The Labute approximate surface area is 207 Å². The van der Waals surface area contributed by atoms with E-state index >= 15 is 0 Å². The Morgan fingerprint density at radius 2 is 1.89 bits per heavy atom. The predicted molar refractivity (Wildman–Crippen MR) is 140 cm³/mol. The number of unbranched alkanes of at least 4 members (excludes halogenated alkanes) is 3. The summed E-state index contributed by atoms with van der Waals surface area (Å²) in [4.78, 5) is 9.30. The van der Waals surface area contributed by atoms with E-state index in [2.05, 4.69) is 9.71 Å². The zero-order valence-corrected chi connectivity index (χ0v) is 22.0. The molecule has 0 saturated carbocycles. The first-order valence-electron chi connectivity index (χ1n) is 12.0. The Kier molecular flexibility index (Phi) is 8.92. The van der Waals surface area contributed by atoms with Crippen molar-refractivity contribution in [2.24, 2.45) is 5.73 Å². The molecule has 35 heavy (non-hydrogen) atoms. The lowest BCUT2D eigenvalue weighted by molar-refractivity contribution is 0.125. The van der Waals surface area contributed by atoms with Gasteiger partial charge in [0, 0.05) is 30.1 Å². The predicted octanol–water partition coefficient (Wildman–Crippen LogP) is 2.93. The summed E-state index contributed by atoms with van der Waals surface area (Å²) in [5.74, 6) is 1.68. The highest BCUT2D eigenvalue weighted by molar-refractivity contribution is 7.88. The molecule has 3 aromatic rings. The molecule has 0 spiro atoms. The number of pyridine rings is 1. The van der Waals surface area contributed by atoms with Crippen molar-refractivity contribution < 1.29 is 17.9 Å². The molecule has 0 bridgehead atoms. The summed E-state index contributed by atoms with van der Waals surface area (Å²) in [5, 5.41) is 0.856. The topological polar surface area (TPSA) is 147 Å². The van der Waals surface area contributed by atoms with Gasteiger partial charge >= 0.3 is 0 Å². The van der Waals surface area contributed by atoms with Crippen LogP contribution in [0.2, 0.25) is 0 Å². The molecular formula is C24H38N6O4S. The number of benzene rings is 1. The average molecular weight is 507 g/mol. The second-order valence-corrected chi connectivity index (χ2v) is 11.2. The summed E-state index contributed by atoms with van der Waals surface area (Å²) in [5.41, 5.74) is 13.1. The van der Waals surface area contributed by atoms with Gasteiger partial charge in [0.2, 0.25) is 10.0 Å². The molecule has 0 radical (unpaired) electrons. The van der Waals surface area contributed by atoms with Gasteiger partial charge < -0.3 is 25.5 Å². The van der Waals surface area contributed by atoms with Crippen LogP contribution < -0.4 is 20.9 Å². The lowest BCUT2D eigenvalue weighted by atomic mass is 10.1. The first kappa shape index (κ1) is 27.1. The van der Waals surface area contributed by atoms with Crippen LogP contribution in [0.1, 0.15) is 52.3 Å². The van der Waals surface area contributed by atoms with E-state index < -0.39 is 15.6 Å². The summed E-state index contributed by atoms with van der Waals surface area (Å²) in [7, 11) is -3.42. The molecule has 0 unspecified atom stereocenters. The highest BCUT2D eigenvalue weighted by Gasteiger charge is 2.27. The van der Waals surface area contributed by atoms with Crippen molar-refractivity contribution >= 4 is 37.8 Å². The third-order valence-electron chi connectivity index (χ3n) is 5.57. The molecule has 194 valence electrons. The van der Waals surface area contributed by atoms with Crippen molar-refractivity contribution in [3.63, 3.8) is 0 Å². The molecule has 11 heteroatoms. The molecule has 0 atom stereocenters. The number of nitrogens with zero attached hydrogens (tertiary/aromatic N) is 3. The van der Waals surface area contributed by atoms with Crippen molar-refractivity contribution in [1.82, 2.24) is 19.3 Å². The number of anilines is 1. The highest BCUT2D eigenvalue weighted by atomic mass is 32.2. The lowest BCUT2D eigenvalue weighted by Crippen LogP contribution is -2.46. The average Bonchev–Trinajstić information content (AvgIpc) is 3.11. The minimum Gasteiger partial charge on any atom is -0.494 e. The molecule has 5 N–H and O–H groups in total. The summed E-state index contributed by atoms with van der Waals surface area (Å²) >= 11 is 0. The van der Waals surface area contributed by atoms with E-state index in [1.54, 1.807) is 0 Å². The largest absolute Gasteiger partial charge is 0.494 e. The van der Waals surface area contributed by atoms with E-state index in [-0.39, 0.29) is 6.61 Å². The second-order valence-electron chi connectivity index (χ2n) is 9.43. The van der Waals surface area contributed by atoms with Gasteiger partial charge in [0.15, 0.2) is 5.82 Å². The monoisotopic (exact) mass is 506 g/mol. The van der Waals surface area contributed by atoms with Crippen molar-refractivity contribution in [3.8, 4) is 5.75 Å². The standard InChI is InChI=1S/C24H38N6O4S/c1-5-33-15-20-28-21-22(30(20)16-24(2,3)29-35(4,31)32)18-11-10-17(14-19(18)27-23(21)26)34-13-9-7-6-8-12-25/h10-11,14,29H,5-9,12-13,15-16,25H2,1-4H3,(H2,26,27). The third kappa shape index (κ3) is 7.26. The SMILES string of the molecule is CCOCc1nc2c(N)nc3cc(OCCCCCCN)ccc3c2n1CC(C)(C)NS(C)(=O)=O. The Morgan fingerprint density at radius 1 is 1.14 bits per heavy atom. The zero-order valence-electron chi connectivity index (χ0n) is 21.1. The fourth-order valence-electron chi connectivity index (χ4n) is 4.22. The summed E-state index contributed by atoms with van der Waals surface area (Å²) in [6.07, 6.45) is 5.33. The third-order valence-corrected chi connectivity index (χ3v) is 6.50. The Balaban J connectivity index is 2.00. The smallest absolute Gasteiger partial charge is 0.209 e. The molecule has 0 saturated heterocycles. The maximum atomic E-state index is 11.9. The molecule has 0 amide bonds. The van der Waals surface area contributed by atoms with E-state index in [0.717, 1.165) is 55.1 Å². The first-order chi connectivity index (χ1) is 16.5. The maximum absolute atomic E-state index is 11.9. The summed E-state index contributed by atoms with van der Waals surface area (Å²) < 4.78 is 40.2. The molecule has 2 aromatic heterocycles. The van der Waals surface area contributed by atoms with E-state index in [9.17, 15) is 8.42 Å². The van der Waals surface area contributed by atoms with Crippen molar-refractivity contribution in [2.45, 2.75) is 65.1 Å². The minimum atomic E-state index is -3.42. The van der Waals surface area contributed by atoms with Gasteiger partial charge in [-0.05, 0) is 52.3 Å². The number of nitrogens with one attached hydrogen (secondary N) is 1. The van der Waals surface area contributed by atoms with Crippen molar-refractivity contribution in [1.29, 1.82) is 0 Å². The number of hydrogen-bond donors (Lipinski definition) is 3. The van der Waals surface area contributed by atoms with Crippen molar-refractivity contribution in [2.75, 3.05) is 31.7 Å². The van der Waals surface area contributed by atoms with Crippen LogP contribution in [0.5, 0.6) is 5.75 Å². The number of sulfonamides is 1. The van der Waals surface area contributed by atoms with Crippen LogP contribution in [-0.4, -0.2) is 54.5 Å². The van der Waals surface area contributed by atoms with Crippen LogP contribution in [0.4, 0.5) is 5.82 Å². The second kappa shape index (κ2) is 11.5.